The lowest BCUT2D eigenvalue weighted by Crippen LogP contribution is -1.91. The third kappa shape index (κ3) is 1.21. The Morgan fingerprint density at radius 2 is 1.67 bits per heavy atom. The van der Waals surface area contributed by atoms with E-state index in [4.69, 9.17) is 0 Å². The summed E-state index contributed by atoms with van der Waals surface area (Å²) < 4.78 is 0. The van der Waals surface area contributed by atoms with Gasteiger partial charge in [-0.1, -0.05) is 6.42 Å². The van der Waals surface area contributed by atoms with Gasteiger partial charge in [0.05, 0.1) is 0 Å². The minimum absolute atomic E-state index is 0. The second-order valence-corrected chi connectivity index (χ2v) is 2.90. The maximum absolute atomic E-state index is 2.09. The molecule has 0 saturated carbocycles. The number of rotatable bonds is 0. The van der Waals surface area contributed by atoms with Gasteiger partial charge in [-0.15, -0.1) is 0 Å². The van der Waals surface area contributed by atoms with Crippen molar-refractivity contribution in [2.75, 3.05) is 11.5 Å². The largest absolute Gasteiger partial charge is 1.00 e. The van der Waals surface area contributed by atoms with Crippen molar-refractivity contribution >= 4 is 11.8 Å². The molecule has 1 aliphatic heterocycles. The SMILES string of the molecule is C1CCSCC1.[H+]. The summed E-state index contributed by atoms with van der Waals surface area (Å²) in [7, 11) is 0. The molecule has 1 rings (SSSR count). The topological polar surface area (TPSA) is 0 Å². The molecule has 0 bridgehead atoms. The summed E-state index contributed by atoms with van der Waals surface area (Å²) in [5.41, 5.74) is 0. The lowest BCUT2D eigenvalue weighted by molar-refractivity contribution is 0.764. The summed E-state index contributed by atoms with van der Waals surface area (Å²) in [6.07, 6.45) is 4.41. The normalized spacial score (nSPS) is 24.0. The van der Waals surface area contributed by atoms with E-state index in [9.17, 15) is 0 Å². The molecule has 0 aromatic heterocycles. The second kappa shape index (κ2) is 2.51. The summed E-state index contributed by atoms with van der Waals surface area (Å²) in [6.45, 7) is 0. The van der Waals surface area contributed by atoms with Gasteiger partial charge in [0.2, 0.25) is 0 Å². The van der Waals surface area contributed by atoms with E-state index < -0.39 is 0 Å². The lowest BCUT2D eigenvalue weighted by Gasteiger charge is -2.05. The van der Waals surface area contributed by atoms with Crippen LogP contribution in [0.25, 0.3) is 0 Å². The van der Waals surface area contributed by atoms with Crippen LogP contribution in [0.2, 0.25) is 0 Å². The lowest BCUT2D eigenvalue weighted by atomic mass is 10.3. The average molecular weight is 103 g/mol. The minimum atomic E-state index is 0. The van der Waals surface area contributed by atoms with Crippen LogP contribution < -0.4 is 0 Å². The predicted molar refractivity (Wildman–Crippen MR) is 32.3 cm³/mol. The Balaban J connectivity index is 0.000000360. The van der Waals surface area contributed by atoms with Crippen LogP contribution in [0.3, 0.4) is 0 Å². The van der Waals surface area contributed by atoms with Gasteiger partial charge in [-0.25, -0.2) is 0 Å². The number of thioether (sulfide) groups is 1. The first kappa shape index (κ1) is 4.51. The van der Waals surface area contributed by atoms with Gasteiger partial charge in [-0.3, -0.25) is 0 Å². The van der Waals surface area contributed by atoms with E-state index in [1.807, 2.05) is 0 Å². The van der Waals surface area contributed by atoms with E-state index in [-0.39, 0.29) is 1.43 Å². The highest BCUT2D eigenvalue weighted by molar-refractivity contribution is 7.99. The highest BCUT2D eigenvalue weighted by Gasteiger charge is 1.95. The van der Waals surface area contributed by atoms with Gasteiger partial charge in [0.15, 0.2) is 0 Å². The average Bonchev–Trinajstić information content (AvgIpc) is 1.72. The molecular weight excluding hydrogens is 92.1 g/mol. The molecule has 1 heterocycles. The zero-order chi connectivity index (χ0) is 4.24. The van der Waals surface area contributed by atoms with Crippen molar-refractivity contribution in [2.24, 2.45) is 0 Å². The molecule has 1 aliphatic rings. The Morgan fingerprint density at radius 1 is 1.00 bits per heavy atom. The molecule has 0 unspecified atom stereocenters. The zero-order valence-corrected chi connectivity index (χ0v) is 4.76. The van der Waals surface area contributed by atoms with Crippen molar-refractivity contribution in [3.63, 3.8) is 0 Å². The molecule has 36 valence electrons. The van der Waals surface area contributed by atoms with Gasteiger partial charge >= 0.3 is 1.43 Å². The van der Waals surface area contributed by atoms with Crippen LogP contribution in [0.1, 0.15) is 20.7 Å². The molecule has 0 amide bonds. The van der Waals surface area contributed by atoms with E-state index in [2.05, 4.69) is 11.8 Å². The summed E-state index contributed by atoms with van der Waals surface area (Å²) in [6, 6.07) is 0. The van der Waals surface area contributed by atoms with Crippen LogP contribution in [0, 0.1) is 0 Å². The number of hydrogen-bond acceptors (Lipinski definition) is 1. The Bertz CT molecular complexity index is 23.6. The van der Waals surface area contributed by atoms with E-state index in [0.717, 1.165) is 0 Å². The molecule has 0 spiro atoms. The molecule has 0 radical (unpaired) electrons. The maximum Gasteiger partial charge on any atom is 1.00 e. The summed E-state index contributed by atoms with van der Waals surface area (Å²) in [4.78, 5) is 0. The van der Waals surface area contributed by atoms with Crippen LogP contribution in [0.4, 0.5) is 0 Å². The van der Waals surface area contributed by atoms with Crippen molar-refractivity contribution in [1.82, 2.24) is 0 Å². The highest BCUT2D eigenvalue weighted by Crippen LogP contribution is 2.14. The molecular formula is C5H11S+. The smallest absolute Gasteiger partial charge is 0.162 e. The Hall–Kier alpha value is 0.350. The molecule has 0 aromatic carbocycles. The molecule has 0 nitrogen and oxygen atoms in total. The third-order valence-corrected chi connectivity index (χ3v) is 2.23. The fourth-order valence-corrected chi connectivity index (χ4v) is 1.71. The van der Waals surface area contributed by atoms with Gasteiger partial charge in [0, 0.05) is 0 Å². The van der Waals surface area contributed by atoms with Crippen molar-refractivity contribution in [1.29, 1.82) is 0 Å². The Labute approximate surface area is 44.8 Å². The van der Waals surface area contributed by atoms with E-state index in [1.165, 1.54) is 30.8 Å². The van der Waals surface area contributed by atoms with Gasteiger partial charge in [0.25, 0.3) is 0 Å². The van der Waals surface area contributed by atoms with Crippen molar-refractivity contribution < 1.29 is 1.43 Å². The summed E-state index contributed by atoms with van der Waals surface area (Å²) >= 11 is 2.09. The first-order chi connectivity index (χ1) is 3.00. The first-order valence-corrected chi connectivity index (χ1v) is 3.73. The monoisotopic (exact) mass is 103 g/mol. The fraction of sp³-hybridized carbons (Fsp3) is 1.00. The van der Waals surface area contributed by atoms with Crippen LogP contribution in [-0.2, 0) is 0 Å². The van der Waals surface area contributed by atoms with E-state index >= 15 is 0 Å². The van der Waals surface area contributed by atoms with Crippen LogP contribution in [0.5, 0.6) is 0 Å². The predicted octanol–water partition coefficient (Wildman–Crippen LogP) is 2.02. The van der Waals surface area contributed by atoms with Gasteiger partial charge < -0.3 is 0 Å². The quantitative estimate of drug-likeness (QED) is 0.452. The molecule has 1 saturated heterocycles. The standard InChI is InChI=1S/C5H10S/c1-2-4-6-5-3-1/h1-5H2/p+1. The molecule has 0 aliphatic carbocycles. The second-order valence-electron chi connectivity index (χ2n) is 1.67. The van der Waals surface area contributed by atoms with Crippen molar-refractivity contribution in [3.8, 4) is 0 Å². The molecule has 0 N–H and O–H groups in total. The fourth-order valence-electron chi connectivity index (χ4n) is 0.687. The minimum Gasteiger partial charge on any atom is -0.162 e. The van der Waals surface area contributed by atoms with Crippen molar-refractivity contribution in [2.45, 2.75) is 19.3 Å². The molecule has 0 aromatic rings. The van der Waals surface area contributed by atoms with Gasteiger partial charge in [-0.05, 0) is 24.3 Å². The summed E-state index contributed by atoms with van der Waals surface area (Å²) in [5.74, 6) is 2.83. The van der Waals surface area contributed by atoms with Crippen LogP contribution in [-0.4, -0.2) is 11.5 Å². The van der Waals surface area contributed by atoms with Crippen LogP contribution in [0.15, 0.2) is 0 Å². The van der Waals surface area contributed by atoms with Gasteiger partial charge in [0.1, 0.15) is 0 Å². The summed E-state index contributed by atoms with van der Waals surface area (Å²) in [5, 5.41) is 0. The highest BCUT2D eigenvalue weighted by atomic mass is 32.2. The Kier molecular flexibility index (Phi) is 1.89. The Morgan fingerprint density at radius 3 is 1.83 bits per heavy atom. The van der Waals surface area contributed by atoms with Gasteiger partial charge in [-0.2, -0.15) is 11.8 Å². The number of hydrogen-bond donors (Lipinski definition) is 0. The van der Waals surface area contributed by atoms with Crippen LogP contribution >= 0.6 is 11.8 Å². The molecule has 1 heteroatoms. The van der Waals surface area contributed by atoms with E-state index in [1.54, 1.807) is 0 Å². The zero-order valence-electron chi connectivity index (χ0n) is 4.94. The van der Waals surface area contributed by atoms with E-state index in [0.29, 0.717) is 0 Å². The maximum atomic E-state index is 2.09. The molecule has 0 atom stereocenters. The third-order valence-electron chi connectivity index (χ3n) is 1.08. The van der Waals surface area contributed by atoms with Crippen molar-refractivity contribution in [3.05, 3.63) is 0 Å². The first-order valence-electron chi connectivity index (χ1n) is 2.58. The molecule has 6 heavy (non-hydrogen) atoms. The molecule has 1 fully saturated rings.